The van der Waals surface area contributed by atoms with E-state index in [0.717, 1.165) is 17.2 Å². The zero-order valence-electron chi connectivity index (χ0n) is 12.8. The summed E-state index contributed by atoms with van der Waals surface area (Å²) in [6, 6.07) is 15.1. The maximum atomic E-state index is 14.2. The fourth-order valence-electron chi connectivity index (χ4n) is 2.88. The molecule has 1 aromatic heterocycles. The first-order valence-corrected chi connectivity index (χ1v) is 7.75. The summed E-state index contributed by atoms with van der Waals surface area (Å²) < 4.78 is 19.4. The summed E-state index contributed by atoms with van der Waals surface area (Å²) >= 11 is 0. The van der Waals surface area contributed by atoms with Crippen molar-refractivity contribution in [2.75, 3.05) is 7.11 Å². The van der Waals surface area contributed by atoms with Crippen molar-refractivity contribution < 1.29 is 9.13 Å². The molecule has 3 nitrogen and oxygen atoms in total. The van der Waals surface area contributed by atoms with E-state index in [2.05, 4.69) is 34.5 Å². The van der Waals surface area contributed by atoms with E-state index in [-0.39, 0.29) is 5.82 Å². The summed E-state index contributed by atoms with van der Waals surface area (Å²) in [7, 11) is 1.53. The summed E-state index contributed by atoms with van der Waals surface area (Å²) in [5, 5.41) is 7.24. The van der Waals surface area contributed by atoms with E-state index in [1.54, 1.807) is 12.1 Å². The minimum Gasteiger partial charge on any atom is -0.496 e. The molecule has 1 aliphatic carbocycles. The number of methoxy groups -OCH3 is 1. The number of aromatic amines is 1. The van der Waals surface area contributed by atoms with Crippen molar-refractivity contribution in [3.63, 3.8) is 0 Å². The van der Waals surface area contributed by atoms with Crippen LogP contribution in [0.5, 0.6) is 5.75 Å². The second kappa shape index (κ2) is 5.54. The van der Waals surface area contributed by atoms with E-state index in [1.807, 2.05) is 6.07 Å². The second-order valence-electron chi connectivity index (χ2n) is 5.88. The summed E-state index contributed by atoms with van der Waals surface area (Å²) in [6.45, 7) is 0. The Hall–Kier alpha value is -2.62. The third-order valence-corrected chi connectivity index (χ3v) is 4.30. The van der Waals surface area contributed by atoms with Gasteiger partial charge in [-0.2, -0.15) is 5.10 Å². The Kier molecular flexibility index (Phi) is 3.37. The number of nitrogens with zero attached hydrogens (tertiary/aromatic N) is 1. The normalized spacial score (nSPS) is 14.0. The number of halogens is 1. The van der Waals surface area contributed by atoms with E-state index in [9.17, 15) is 4.39 Å². The molecule has 0 atom stereocenters. The van der Waals surface area contributed by atoms with E-state index >= 15 is 0 Å². The molecule has 3 aromatic rings. The van der Waals surface area contributed by atoms with E-state index in [4.69, 9.17) is 4.74 Å². The fourth-order valence-corrected chi connectivity index (χ4v) is 2.88. The van der Waals surface area contributed by atoms with E-state index < -0.39 is 0 Å². The maximum Gasteiger partial charge on any atom is 0.136 e. The highest BCUT2D eigenvalue weighted by molar-refractivity contribution is 5.72. The highest BCUT2D eigenvalue weighted by Gasteiger charge is 2.23. The average molecular weight is 308 g/mol. The topological polar surface area (TPSA) is 37.9 Å². The van der Waals surface area contributed by atoms with Crippen molar-refractivity contribution in [2.24, 2.45) is 0 Å². The van der Waals surface area contributed by atoms with Crippen LogP contribution in [0.3, 0.4) is 0 Å². The number of hydrogen-bond donors (Lipinski definition) is 1. The molecule has 0 unspecified atom stereocenters. The average Bonchev–Trinajstić information content (AvgIpc) is 3.32. The van der Waals surface area contributed by atoms with Crippen LogP contribution in [0.25, 0.3) is 22.5 Å². The van der Waals surface area contributed by atoms with Gasteiger partial charge in [0.1, 0.15) is 11.6 Å². The minimum atomic E-state index is -0.330. The Labute approximate surface area is 134 Å². The molecule has 1 saturated carbocycles. The van der Waals surface area contributed by atoms with Gasteiger partial charge in [-0.3, -0.25) is 5.10 Å². The van der Waals surface area contributed by atoms with Gasteiger partial charge in [-0.05, 0) is 42.5 Å². The first-order valence-electron chi connectivity index (χ1n) is 7.75. The third-order valence-electron chi connectivity index (χ3n) is 4.30. The van der Waals surface area contributed by atoms with Gasteiger partial charge >= 0.3 is 0 Å². The number of ether oxygens (including phenoxy) is 1. The van der Waals surface area contributed by atoms with Gasteiger partial charge < -0.3 is 4.74 Å². The van der Waals surface area contributed by atoms with Crippen LogP contribution >= 0.6 is 0 Å². The monoisotopic (exact) mass is 308 g/mol. The maximum absolute atomic E-state index is 14.2. The zero-order chi connectivity index (χ0) is 15.8. The standard InChI is InChI=1S/C19H17FN2O/c1-23-18-4-2-3-15(20)19(18)17-11-16(21-22-17)14-9-7-13(8-10-14)12-5-6-12/h2-4,7-12H,5-6H2,1H3,(H,21,22). The van der Waals surface area contributed by atoms with Crippen LogP contribution in [-0.2, 0) is 0 Å². The molecule has 4 heteroatoms. The van der Waals surface area contributed by atoms with Gasteiger partial charge in [0.25, 0.3) is 0 Å². The fraction of sp³-hybridized carbons (Fsp3) is 0.211. The van der Waals surface area contributed by atoms with Gasteiger partial charge in [-0.1, -0.05) is 30.3 Å². The van der Waals surface area contributed by atoms with Gasteiger partial charge in [-0.25, -0.2) is 4.39 Å². The number of benzene rings is 2. The van der Waals surface area contributed by atoms with Gasteiger partial charge in [0.2, 0.25) is 0 Å². The quantitative estimate of drug-likeness (QED) is 0.754. The number of rotatable bonds is 4. The van der Waals surface area contributed by atoms with E-state index in [1.165, 1.54) is 31.6 Å². The van der Waals surface area contributed by atoms with Crippen molar-refractivity contribution in [1.82, 2.24) is 10.2 Å². The molecule has 1 heterocycles. The number of hydrogen-bond acceptors (Lipinski definition) is 2. The highest BCUT2D eigenvalue weighted by Crippen LogP contribution is 2.40. The molecule has 0 amide bonds. The van der Waals surface area contributed by atoms with Crippen molar-refractivity contribution >= 4 is 0 Å². The molecule has 0 bridgehead atoms. The number of H-pyrrole nitrogens is 1. The largest absolute Gasteiger partial charge is 0.496 e. The SMILES string of the molecule is COc1cccc(F)c1-c1cc(-c2ccc(C3CC3)cc2)n[nH]1. The van der Waals surface area contributed by atoms with Gasteiger partial charge in [-0.15, -0.1) is 0 Å². The number of aromatic nitrogens is 2. The highest BCUT2D eigenvalue weighted by atomic mass is 19.1. The molecule has 116 valence electrons. The lowest BCUT2D eigenvalue weighted by molar-refractivity contribution is 0.413. The molecule has 0 aliphatic heterocycles. The molecule has 23 heavy (non-hydrogen) atoms. The van der Waals surface area contributed by atoms with Crippen LogP contribution in [-0.4, -0.2) is 17.3 Å². The lowest BCUT2D eigenvalue weighted by Crippen LogP contribution is -1.91. The summed E-state index contributed by atoms with van der Waals surface area (Å²) in [6.07, 6.45) is 2.58. The molecule has 0 saturated heterocycles. The van der Waals surface area contributed by atoms with Gasteiger partial charge in [0, 0.05) is 5.56 Å². The molecular weight excluding hydrogens is 291 g/mol. The Morgan fingerprint density at radius 3 is 2.61 bits per heavy atom. The predicted octanol–water partition coefficient (Wildman–Crippen LogP) is 4.77. The smallest absolute Gasteiger partial charge is 0.136 e. The summed E-state index contributed by atoms with van der Waals surface area (Å²) in [4.78, 5) is 0. The third kappa shape index (κ3) is 2.61. The van der Waals surface area contributed by atoms with Crippen LogP contribution in [0.15, 0.2) is 48.5 Å². The molecule has 1 aliphatic rings. The first-order chi connectivity index (χ1) is 11.3. The molecule has 0 radical (unpaired) electrons. The molecule has 2 aromatic carbocycles. The van der Waals surface area contributed by atoms with Gasteiger partial charge in [0.05, 0.1) is 24.1 Å². The Morgan fingerprint density at radius 2 is 1.91 bits per heavy atom. The van der Waals surface area contributed by atoms with Crippen LogP contribution < -0.4 is 4.74 Å². The van der Waals surface area contributed by atoms with Crippen LogP contribution in [0.4, 0.5) is 4.39 Å². The van der Waals surface area contributed by atoms with Crippen LogP contribution in [0.2, 0.25) is 0 Å². The zero-order valence-corrected chi connectivity index (χ0v) is 12.8. The molecular formula is C19H17FN2O. The van der Waals surface area contributed by atoms with Crippen molar-refractivity contribution in [3.8, 4) is 28.3 Å². The Morgan fingerprint density at radius 1 is 1.13 bits per heavy atom. The lowest BCUT2D eigenvalue weighted by Gasteiger charge is -2.06. The van der Waals surface area contributed by atoms with E-state index in [0.29, 0.717) is 17.0 Å². The summed E-state index contributed by atoms with van der Waals surface area (Å²) in [5.74, 6) is 0.898. The minimum absolute atomic E-state index is 0.330. The van der Waals surface area contributed by atoms with Crippen molar-refractivity contribution in [1.29, 1.82) is 0 Å². The first kappa shape index (κ1) is 14.0. The Balaban J connectivity index is 1.69. The Bertz CT molecular complexity index is 835. The lowest BCUT2D eigenvalue weighted by atomic mass is 10.0. The molecule has 4 rings (SSSR count). The van der Waals surface area contributed by atoms with Crippen molar-refractivity contribution in [3.05, 3.63) is 59.9 Å². The molecule has 1 fully saturated rings. The van der Waals surface area contributed by atoms with Crippen molar-refractivity contribution in [2.45, 2.75) is 18.8 Å². The molecule has 0 spiro atoms. The summed E-state index contributed by atoms with van der Waals surface area (Å²) in [5.41, 5.74) is 4.23. The van der Waals surface area contributed by atoms with Gasteiger partial charge in [0.15, 0.2) is 0 Å². The second-order valence-corrected chi connectivity index (χ2v) is 5.88. The number of nitrogens with one attached hydrogen (secondary N) is 1. The van der Waals surface area contributed by atoms with Crippen LogP contribution in [0.1, 0.15) is 24.3 Å². The molecule has 1 N–H and O–H groups in total. The van der Waals surface area contributed by atoms with Crippen LogP contribution in [0, 0.1) is 5.82 Å². The predicted molar refractivity (Wildman–Crippen MR) is 87.9 cm³/mol.